The molecule has 72 valence electrons. The van der Waals surface area contributed by atoms with Crippen molar-refractivity contribution in [2.75, 3.05) is 0 Å². The first-order valence-electron chi connectivity index (χ1n) is 4.68. The predicted molar refractivity (Wildman–Crippen MR) is 63.9 cm³/mol. The lowest BCUT2D eigenvalue weighted by molar-refractivity contribution is 0.627. The molecule has 0 aromatic rings. The first-order valence-corrected chi connectivity index (χ1v) is 4.68. The lowest BCUT2D eigenvalue weighted by Gasteiger charge is -2.25. The second-order valence-corrected chi connectivity index (χ2v) is 3.38. The highest BCUT2D eigenvalue weighted by atomic mass is 14.2. The van der Waals surface area contributed by atoms with E-state index >= 15 is 0 Å². The van der Waals surface area contributed by atoms with Crippen LogP contribution in [0.15, 0.2) is 73.9 Å². The van der Waals surface area contributed by atoms with E-state index < -0.39 is 0 Å². The van der Waals surface area contributed by atoms with Gasteiger partial charge >= 0.3 is 0 Å². The van der Waals surface area contributed by atoms with Crippen LogP contribution in [0.3, 0.4) is 0 Å². The molecule has 0 radical (unpaired) electrons. The Morgan fingerprint density at radius 3 is 1.50 bits per heavy atom. The van der Waals surface area contributed by atoms with E-state index in [4.69, 9.17) is 0 Å². The molecule has 0 aromatic heterocycles. The maximum absolute atomic E-state index is 3.99. The van der Waals surface area contributed by atoms with Crippen LogP contribution in [0.25, 0.3) is 0 Å². The zero-order chi connectivity index (χ0) is 10.6. The van der Waals surface area contributed by atoms with Gasteiger partial charge in [0.2, 0.25) is 0 Å². The minimum atomic E-state index is 0.281. The summed E-state index contributed by atoms with van der Waals surface area (Å²) in [6.45, 7) is 15.5. The summed E-state index contributed by atoms with van der Waals surface area (Å²) in [6, 6.07) is 0. The number of hydrogen-bond acceptors (Lipinski definition) is 0. The van der Waals surface area contributed by atoms with Crippen LogP contribution in [0.2, 0.25) is 0 Å². The molecule has 0 bridgehead atoms. The average Bonchev–Trinajstić information content (AvgIpc) is 2.27. The molecule has 0 heterocycles. The van der Waals surface area contributed by atoms with Crippen LogP contribution in [0.5, 0.6) is 0 Å². The molecule has 0 saturated heterocycles. The Labute approximate surface area is 86.3 Å². The quantitative estimate of drug-likeness (QED) is 0.582. The highest BCUT2D eigenvalue weighted by molar-refractivity contribution is 5.35. The van der Waals surface area contributed by atoms with Crippen LogP contribution in [0.1, 0.15) is 0 Å². The topological polar surface area (TPSA) is 0 Å². The lowest BCUT2D eigenvalue weighted by Crippen LogP contribution is -2.14. The number of hydrogen-bond donors (Lipinski definition) is 0. The first kappa shape index (κ1) is 10.5. The van der Waals surface area contributed by atoms with Crippen molar-refractivity contribution in [3.8, 4) is 0 Å². The molecule has 0 fully saturated rings. The van der Waals surface area contributed by atoms with Gasteiger partial charge < -0.3 is 0 Å². The second-order valence-electron chi connectivity index (χ2n) is 3.38. The van der Waals surface area contributed by atoms with E-state index in [2.05, 4.69) is 38.5 Å². The van der Waals surface area contributed by atoms with Crippen molar-refractivity contribution < 1.29 is 0 Å². The van der Waals surface area contributed by atoms with Crippen molar-refractivity contribution in [2.24, 2.45) is 11.8 Å². The zero-order valence-electron chi connectivity index (χ0n) is 8.45. The largest absolute Gasteiger partial charge is 0.0988 e. The Hall–Kier alpha value is -1.56. The van der Waals surface area contributed by atoms with E-state index in [9.17, 15) is 0 Å². The Morgan fingerprint density at radius 1 is 0.857 bits per heavy atom. The van der Waals surface area contributed by atoms with Crippen LogP contribution < -0.4 is 0 Å². The third kappa shape index (κ3) is 2.02. The Morgan fingerprint density at radius 2 is 1.21 bits per heavy atom. The molecule has 0 aromatic carbocycles. The molecule has 1 rings (SSSR count). The fraction of sp³-hybridized carbons (Fsp3) is 0.143. The maximum Gasteiger partial charge on any atom is 0.0118 e. The van der Waals surface area contributed by atoms with Gasteiger partial charge in [-0.3, -0.25) is 0 Å². The van der Waals surface area contributed by atoms with Gasteiger partial charge in [0, 0.05) is 11.8 Å². The highest BCUT2D eigenvalue weighted by Crippen LogP contribution is 2.31. The minimum Gasteiger partial charge on any atom is -0.0988 e. The van der Waals surface area contributed by atoms with Crippen LogP contribution >= 0.6 is 0 Å². The summed E-state index contributed by atoms with van der Waals surface area (Å²) in [7, 11) is 0. The van der Waals surface area contributed by atoms with Crippen molar-refractivity contribution in [3.05, 3.63) is 73.9 Å². The summed E-state index contributed by atoms with van der Waals surface area (Å²) in [6.07, 6.45) is 11.9. The minimum absolute atomic E-state index is 0.281. The van der Waals surface area contributed by atoms with Gasteiger partial charge in [-0.05, 0) is 11.1 Å². The van der Waals surface area contributed by atoms with E-state index in [1.54, 1.807) is 12.2 Å². The fourth-order valence-electron chi connectivity index (χ4n) is 1.59. The molecule has 0 N–H and O–H groups in total. The van der Waals surface area contributed by atoms with E-state index in [1.165, 1.54) is 0 Å². The average molecular weight is 184 g/mol. The van der Waals surface area contributed by atoms with Gasteiger partial charge in [-0.25, -0.2) is 0 Å². The Balaban J connectivity index is 2.92. The molecule has 14 heavy (non-hydrogen) atoms. The molecule has 2 atom stereocenters. The molecule has 0 amide bonds. The maximum atomic E-state index is 3.99. The first-order chi connectivity index (χ1) is 6.70. The van der Waals surface area contributed by atoms with Crippen LogP contribution in [0.4, 0.5) is 0 Å². The van der Waals surface area contributed by atoms with Gasteiger partial charge in [-0.2, -0.15) is 0 Å². The van der Waals surface area contributed by atoms with Crippen molar-refractivity contribution >= 4 is 0 Å². The molecule has 1 aliphatic rings. The Kier molecular flexibility index (Phi) is 3.47. The van der Waals surface area contributed by atoms with Crippen molar-refractivity contribution in [3.63, 3.8) is 0 Å². The third-order valence-corrected chi connectivity index (χ3v) is 2.52. The number of allylic oxidation sites excluding steroid dienone is 8. The van der Waals surface area contributed by atoms with Crippen LogP contribution in [-0.2, 0) is 0 Å². The smallest absolute Gasteiger partial charge is 0.0118 e. The molecular weight excluding hydrogens is 168 g/mol. The molecule has 0 nitrogen and oxygen atoms in total. The van der Waals surface area contributed by atoms with Gasteiger partial charge in [-0.15, -0.1) is 0 Å². The predicted octanol–water partition coefficient (Wildman–Crippen LogP) is 3.83. The standard InChI is InChI=1S/C14H16/c1-5-11(3)13-9-7-8-10-14(13)12(4)6-2/h5-10,13-14H,1-4H2. The van der Waals surface area contributed by atoms with E-state index in [0.717, 1.165) is 11.1 Å². The summed E-state index contributed by atoms with van der Waals surface area (Å²) < 4.78 is 0. The molecule has 0 saturated carbocycles. The second kappa shape index (κ2) is 4.61. The van der Waals surface area contributed by atoms with Gasteiger partial charge in [0.15, 0.2) is 0 Å². The van der Waals surface area contributed by atoms with Crippen molar-refractivity contribution in [1.82, 2.24) is 0 Å². The molecule has 0 aliphatic heterocycles. The van der Waals surface area contributed by atoms with E-state index in [0.29, 0.717) is 0 Å². The van der Waals surface area contributed by atoms with E-state index in [-0.39, 0.29) is 11.8 Å². The summed E-state index contributed by atoms with van der Waals surface area (Å²) >= 11 is 0. The Bertz CT molecular complexity index is 292. The normalized spacial score (nSPS) is 24.3. The molecule has 2 unspecified atom stereocenters. The molecule has 0 spiro atoms. The van der Waals surface area contributed by atoms with E-state index in [1.807, 2.05) is 12.2 Å². The summed E-state index contributed by atoms with van der Waals surface area (Å²) in [5.74, 6) is 0.561. The van der Waals surface area contributed by atoms with Crippen molar-refractivity contribution in [1.29, 1.82) is 0 Å². The number of rotatable bonds is 4. The van der Waals surface area contributed by atoms with Crippen molar-refractivity contribution in [2.45, 2.75) is 0 Å². The summed E-state index contributed by atoms with van der Waals surface area (Å²) in [5.41, 5.74) is 2.05. The van der Waals surface area contributed by atoms with Crippen LogP contribution in [-0.4, -0.2) is 0 Å². The molecule has 0 heteroatoms. The van der Waals surface area contributed by atoms with Crippen LogP contribution in [0, 0.1) is 11.8 Å². The highest BCUT2D eigenvalue weighted by Gasteiger charge is 2.20. The molecule has 1 aliphatic carbocycles. The third-order valence-electron chi connectivity index (χ3n) is 2.52. The van der Waals surface area contributed by atoms with Gasteiger partial charge in [0.05, 0.1) is 0 Å². The monoisotopic (exact) mass is 184 g/mol. The van der Waals surface area contributed by atoms with Gasteiger partial charge in [-0.1, -0.05) is 62.8 Å². The summed E-state index contributed by atoms with van der Waals surface area (Å²) in [4.78, 5) is 0. The summed E-state index contributed by atoms with van der Waals surface area (Å²) in [5, 5.41) is 0. The molecular formula is C14H16. The fourth-order valence-corrected chi connectivity index (χ4v) is 1.59. The van der Waals surface area contributed by atoms with Gasteiger partial charge in [0.25, 0.3) is 0 Å². The lowest BCUT2D eigenvalue weighted by atomic mass is 9.79. The van der Waals surface area contributed by atoms with Gasteiger partial charge in [0.1, 0.15) is 0 Å². The SMILES string of the molecule is C=CC(=C)C1C=CC=CC1C(=C)C=C. The zero-order valence-corrected chi connectivity index (χ0v) is 8.45.